The fraction of sp³-hybridized carbons (Fsp3) is 0.333. The lowest BCUT2D eigenvalue weighted by molar-refractivity contribution is -0.154. The summed E-state index contributed by atoms with van der Waals surface area (Å²) in [5, 5.41) is 0. The molecule has 0 heterocycles. The molecule has 0 aliphatic rings. The van der Waals surface area contributed by atoms with Crippen molar-refractivity contribution in [2.75, 3.05) is 19.8 Å². The number of benzene rings is 4. The topological polar surface area (TPSA) is 114 Å². The van der Waals surface area contributed by atoms with Crippen LogP contribution in [-0.4, -0.2) is 43.7 Å². The monoisotopic (exact) mass is 774 g/mol. The first-order chi connectivity index (χ1) is 27.1. The van der Waals surface area contributed by atoms with Crippen LogP contribution in [-0.2, 0) is 25.5 Å². The fourth-order valence-electron chi connectivity index (χ4n) is 5.66. The number of carbonyl (C=O) groups excluding carboxylic acids is 4. The van der Waals surface area contributed by atoms with Gasteiger partial charge in [-0.3, -0.25) is 4.79 Å². The van der Waals surface area contributed by atoms with Crippen LogP contribution in [0.2, 0.25) is 0 Å². The third-order valence-electron chi connectivity index (χ3n) is 8.93. The van der Waals surface area contributed by atoms with Crippen LogP contribution >= 0.6 is 0 Å². The van der Waals surface area contributed by atoms with Crippen LogP contribution in [0.4, 0.5) is 0 Å². The summed E-state index contributed by atoms with van der Waals surface area (Å²) in [7, 11) is 0. The van der Waals surface area contributed by atoms with E-state index in [1.165, 1.54) is 24.3 Å². The summed E-state index contributed by atoms with van der Waals surface area (Å²) in [6.07, 6.45) is 7.86. The van der Waals surface area contributed by atoms with Crippen molar-refractivity contribution >= 4 is 36.0 Å². The Morgan fingerprint density at radius 1 is 0.596 bits per heavy atom. The Morgan fingerprint density at radius 3 is 1.56 bits per heavy atom. The minimum Gasteiger partial charge on any atom is -0.494 e. The van der Waals surface area contributed by atoms with E-state index in [1.807, 2.05) is 48.6 Å². The molecule has 4 aromatic carbocycles. The highest BCUT2D eigenvalue weighted by molar-refractivity contribution is 5.92. The van der Waals surface area contributed by atoms with Gasteiger partial charge >= 0.3 is 23.9 Å². The summed E-state index contributed by atoms with van der Waals surface area (Å²) in [6, 6.07) is 27.9. The van der Waals surface area contributed by atoms with Gasteiger partial charge in [0.05, 0.1) is 36.9 Å². The normalized spacial score (nSPS) is 12.0. The molecule has 0 spiro atoms. The molecule has 0 aliphatic carbocycles. The first kappa shape index (κ1) is 43.8. The molecule has 0 bridgehead atoms. The first-order valence-corrected chi connectivity index (χ1v) is 19.2. The molecule has 300 valence electrons. The summed E-state index contributed by atoms with van der Waals surface area (Å²) in [5.74, 6) is -0.549. The second-order valence-corrected chi connectivity index (χ2v) is 16.0. The number of esters is 4. The molecule has 0 aromatic heterocycles. The van der Waals surface area contributed by atoms with Crippen LogP contribution in [0.15, 0.2) is 110 Å². The van der Waals surface area contributed by atoms with E-state index >= 15 is 0 Å². The maximum Gasteiger partial charge on any atom is 0.343 e. The van der Waals surface area contributed by atoms with E-state index < -0.39 is 17.9 Å². The number of rotatable bonds is 18. The molecular weight excluding hydrogens is 721 g/mol. The molecule has 0 aliphatic heterocycles. The van der Waals surface area contributed by atoms with E-state index in [1.54, 1.807) is 36.4 Å². The second kappa shape index (κ2) is 20.8. The van der Waals surface area contributed by atoms with Crippen LogP contribution in [0.3, 0.4) is 0 Å². The first-order valence-electron chi connectivity index (χ1n) is 19.2. The SMILES string of the molecule is C=CC(=O)OCCc1ccc(/C=C/c2ccc(OC(=O)c3ccc(OC(=O)c4ccc(OCCCCOC(=O)C(CC(C)(C)C)C(C)(C)C)cc4)cc3)cc2)cc1. The zero-order valence-corrected chi connectivity index (χ0v) is 33.9. The Balaban J connectivity index is 1.16. The smallest absolute Gasteiger partial charge is 0.343 e. The highest BCUT2D eigenvalue weighted by Gasteiger charge is 2.35. The Hall–Kier alpha value is -5.96. The molecule has 1 unspecified atom stereocenters. The Labute approximate surface area is 336 Å². The van der Waals surface area contributed by atoms with E-state index in [-0.39, 0.29) is 28.5 Å². The van der Waals surface area contributed by atoms with Crippen LogP contribution in [0.1, 0.15) is 98.2 Å². The molecule has 0 N–H and O–H groups in total. The highest BCUT2D eigenvalue weighted by Crippen LogP contribution is 2.37. The highest BCUT2D eigenvalue weighted by atomic mass is 16.5. The lowest BCUT2D eigenvalue weighted by Gasteiger charge is -2.33. The molecule has 4 aromatic rings. The van der Waals surface area contributed by atoms with Crippen molar-refractivity contribution < 1.29 is 42.9 Å². The van der Waals surface area contributed by atoms with Crippen molar-refractivity contribution in [3.63, 3.8) is 0 Å². The molecule has 0 saturated carbocycles. The predicted octanol–water partition coefficient (Wildman–Crippen LogP) is 10.4. The molecule has 57 heavy (non-hydrogen) atoms. The van der Waals surface area contributed by atoms with Crippen molar-refractivity contribution in [3.8, 4) is 17.2 Å². The van der Waals surface area contributed by atoms with Crippen LogP contribution in [0, 0.1) is 16.7 Å². The number of ether oxygens (including phenoxy) is 5. The van der Waals surface area contributed by atoms with Gasteiger partial charge in [0.25, 0.3) is 0 Å². The molecule has 1 atom stereocenters. The van der Waals surface area contributed by atoms with Crippen LogP contribution in [0.5, 0.6) is 17.2 Å². The van der Waals surface area contributed by atoms with Gasteiger partial charge in [-0.15, -0.1) is 0 Å². The Kier molecular flexibility index (Phi) is 16.0. The number of unbranched alkanes of at least 4 members (excludes halogenated alkanes) is 1. The van der Waals surface area contributed by atoms with Crippen LogP contribution < -0.4 is 14.2 Å². The minimum atomic E-state index is -0.548. The molecule has 9 heteroatoms. The van der Waals surface area contributed by atoms with E-state index in [0.29, 0.717) is 61.7 Å². The van der Waals surface area contributed by atoms with Crippen molar-refractivity contribution in [1.29, 1.82) is 0 Å². The summed E-state index contributed by atoms with van der Waals surface area (Å²) in [4.78, 5) is 49.5. The van der Waals surface area contributed by atoms with Gasteiger partial charge < -0.3 is 23.7 Å². The number of hydrogen-bond donors (Lipinski definition) is 0. The van der Waals surface area contributed by atoms with Gasteiger partial charge in [-0.05, 0) is 107 Å². The van der Waals surface area contributed by atoms with Gasteiger partial charge in [-0.25, -0.2) is 14.4 Å². The Morgan fingerprint density at radius 2 is 1.07 bits per heavy atom. The molecule has 0 radical (unpaired) electrons. The van der Waals surface area contributed by atoms with Gasteiger partial charge in [0.2, 0.25) is 0 Å². The van der Waals surface area contributed by atoms with E-state index in [0.717, 1.165) is 29.2 Å². The van der Waals surface area contributed by atoms with Gasteiger partial charge in [-0.1, -0.05) is 96.7 Å². The number of carbonyl (C=O) groups is 4. The maximum absolute atomic E-state index is 12.8. The average molecular weight is 775 g/mol. The summed E-state index contributed by atoms with van der Waals surface area (Å²) < 4.78 is 27.5. The van der Waals surface area contributed by atoms with Crippen molar-refractivity contribution in [1.82, 2.24) is 0 Å². The third-order valence-corrected chi connectivity index (χ3v) is 8.93. The number of hydrogen-bond acceptors (Lipinski definition) is 9. The predicted molar refractivity (Wildman–Crippen MR) is 222 cm³/mol. The van der Waals surface area contributed by atoms with Gasteiger partial charge in [0.15, 0.2) is 0 Å². The zero-order valence-electron chi connectivity index (χ0n) is 33.9. The van der Waals surface area contributed by atoms with Crippen molar-refractivity contribution in [2.45, 2.75) is 67.2 Å². The fourth-order valence-corrected chi connectivity index (χ4v) is 5.66. The molecular formula is C48H54O9. The average Bonchev–Trinajstić information content (AvgIpc) is 3.18. The second-order valence-electron chi connectivity index (χ2n) is 16.0. The summed E-state index contributed by atoms with van der Waals surface area (Å²) in [6.45, 7) is 17.1. The lowest BCUT2D eigenvalue weighted by Crippen LogP contribution is -2.33. The zero-order chi connectivity index (χ0) is 41.4. The van der Waals surface area contributed by atoms with Crippen molar-refractivity contribution in [3.05, 3.63) is 138 Å². The molecule has 0 saturated heterocycles. The van der Waals surface area contributed by atoms with Crippen LogP contribution in [0.25, 0.3) is 12.2 Å². The summed E-state index contributed by atoms with van der Waals surface area (Å²) in [5.41, 5.74) is 3.50. The van der Waals surface area contributed by atoms with Gasteiger partial charge in [0.1, 0.15) is 17.2 Å². The quantitative estimate of drug-likeness (QED) is 0.0320. The summed E-state index contributed by atoms with van der Waals surface area (Å²) >= 11 is 0. The minimum absolute atomic E-state index is 0.0304. The molecule has 0 fully saturated rings. The van der Waals surface area contributed by atoms with Gasteiger partial charge in [0, 0.05) is 12.5 Å². The maximum atomic E-state index is 12.8. The van der Waals surface area contributed by atoms with E-state index in [2.05, 4.69) is 48.1 Å². The van der Waals surface area contributed by atoms with E-state index in [9.17, 15) is 19.2 Å². The lowest BCUT2D eigenvalue weighted by atomic mass is 9.72. The molecule has 4 rings (SSSR count). The molecule has 0 amide bonds. The largest absolute Gasteiger partial charge is 0.494 e. The molecule has 9 nitrogen and oxygen atoms in total. The van der Waals surface area contributed by atoms with Crippen molar-refractivity contribution in [2.24, 2.45) is 16.7 Å². The van der Waals surface area contributed by atoms with E-state index in [4.69, 9.17) is 23.7 Å². The third kappa shape index (κ3) is 15.2. The standard InChI is InChI=1S/C48H54O9/c1-8-43(49)54-32-29-36-15-13-34(14-16-36)11-12-35-17-23-40(24-18-35)56-45(51)38-21-27-41(28-22-38)57-44(50)37-19-25-39(26-20-37)53-30-9-10-31-55-46(52)42(48(5,6)7)33-47(2,3)4/h8,11-28,42H,1,9-10,29-33H2,2-7H3/b12-11+. The Bertz CT molecular complexity index is 1960. The van der Waals surface area contributed by atoms with Gasteiger partial charge in [-0.2, -0.15) is 0 Å².